The van der Waals surface area contributed by atoms with Crippen LogP contribution in [0.4, 0.5) is 0 Å². The van der Waals surface area contributed by atoms with E-state index >= 15 is 0 Å². The molecule has 2 aliphatic rings. The molecular formula is C22H22ClN5O. The van der Waals surface area contributed by atoms with Gasteiger partial charge in [-0.25, -0.2) is 0 Å². The third-order valence-electron chi connectivity index (χ3n) is 5.37. The summed E-state index contributed by atoms with van der Waals surface area (Å²) in [7, 11) is 0. The number of benzene rings is 1. The number of hydrogen-bond acceptors (Lipinski definition) is 5. The summed E-state index contributed by atoms with van der Waals surface area (Å²) in [5.74, 6) is 0. The van der Waals surface area contributed by atoms with Gasteiger partial charge < -0.3 is 20.6 Å². The van der Waals surface area contributed by atoms with Gasteiger partial charge in [0, 0.05) is 65.3 Å². The van der Waals surface area contributed by atoms with Crippen LogP contribution in [0.25, 0.3) is 22.2 Å². The van der Waals surface area contributed by atoms with E-state index in [1.165, 1.54) is 5.56 Å². The van der Waals surface area contributed by atoms with Crippen molar-refractivity contribution in [2.24, 2.45) is 0 Å². The summed E-state index contributed by atoms with van der Waals surface area (Å²) in [6.07, 6.45) is 7.73. The Morgan fingerprint density at radius 2 is 1.93 bits per heavy atom. The maximum Gasteiger partial charge on any atom is 0.0620 e. The molecule has 4 heterocycles. The molecule has 0 amide bonds. The zero-order valence-electron chi connectivity index (χ0n) is 15.9. The number of rotatable bonds is 4. The van der Waals surface area contributed by atoms with Crippen LogP contribution in [0.15, 0.2) is 55.0 Å². The fraction of sp³-hybridized carbons (Fsp3) is 0.227. The number of halogens is 1. The molecule has 0 aliphatic carbocycles. The van der Waals surface area contributed by atoms with Crippen LogP contribution in [-0.2, 0) is 11.3 Å². The van der Waals surface area contributed by atoms with Gasteiger partial charge in [0.05, 0.1) is 24.6 Å². The van der Waals surface area contributed by atoms with Crippen molar-refractivity contribution in [3.05, 3.63) is 76.8 Å². The molecule has 1 aromatic carbocycles. The molecule has 6 nitrogen and oxygen atoms in total. The third-order valence-corrected chi connectivity index (χ3v) is 5.60. The monoisotopic (exact) mass is 407 g/mol. The van der Waals surface area contributed by atoms with Crippen molar-refractivity contribution in [2.45, 2.75) is 6.54 Å². The summed E-state index contributed by atoms with van der Waals surface area (Å²) in [5, 5.41) is 1.91. The lowest BCUT2D eigenvalue weighted by Crippen LogP contribution is -2.35. The summed E-state index contributed by atoms with van der Waals surface area (Å²) in [5.41, 5.74) is 13.0. The number of allylic oxidation sites excluding steroid dienone is 2. The highest BCUT2D eigenvalue weighted by atomic mass is 35.5. The van der Waals surface area contributed by atoms with Crippen LogP contribution in [0, 0.1) is 0 Å². The van der Waals surface area contributed by atoms with Gasteiger partial charge in [0.1, 0.15) is 0 Å². The van der Waals surface area contributed by atoms with Crippen LogP contribution < -0.4 is 10.9 Å². The van der Waals surface area contributed by atoms with Crippen LogP contribution in [0.5, 0.6) is 0 Å². The van der Waals surface area contributed by atoms with E-state index in [1.807, 2.05) is 30.5 Å². The SMILES string of the molecule is Clc1ccc2[nH]c(C3=CNNC(c4ccncc4)=C3)c(CN3CCOCC3)c2c1. The molecule has 0 spiro atoms. The maximum atomic E-state index is 6.33. The third kappa shape index (κ3) is 3.74. The van der Waals surface area contributed by atoms with Crippen LogP contribution >= 0.6 is 11.6 Å². The van der Waals surface area contributed by atoms with E-state index in [2.05, 4.69) is 37.9 Å². The topological polar surface area (TPSA) is 65.2 Å². The van der Waals surface area contributed by atoms with Crippen molar-refractivity contribution in [3.8, 4) is 0 Å². The van der Waals surface area contributed by atoms with Crippen molar-refractivity contribution in [1.29, 1.82) is 0 Å². The van der Waals surface area contributed by atoms with Gasteiger partial charge in [-0.15, -0.1) is 0 Å². The van der Waals surface area contributed by atoms with E-state index in [0.717, 1.165) is 71.3 Å². The molecule has 2 aromatic heterocycles. The van der Waals surface area contributed by atoms with E-state index in [9.17, 15) is 0 Å². The van der Waals surface area contributed by atoms with E-state index in [1.54, 1.807) is 12.4 Å². The maximum absolute atomic E-state index is 6.33. The second-order valence-corrected chi connectivity index (χ2v) is 7.66. The number of nitrogens with one attached hydrogen (secondary N) is 3. The second-order valence-electron chi connectivity index (χ2n) is 7.22. The Bertz CT molecular complexity index is 1080. The van der Waals surface area contributed by atoms with Crippen LogP contribution in [0.1, 0.15) is 16.8 Å². The Morgan fingerprint density at radius 3 is 2.76 bits per heavy atom. The Labute approximate surface area is 174 Å². The standard InChI is InChI=1S/C22H22ClN5O/c23-17-1-2-20-18(12-17)19(14-28-7-9-29-10-8-28)22(26-20)16-11-21(27-25-13-16)15-3-5-24-6-4-15/h1-6,11-13,25-27H,7-10,14H2. The van der Waals surface area contributed by atoms with Crippen molar-refractivity contribution in [3.63, 3.8) is 0 Å². The van der Waals surface area contributed by atoms with Crippen molar-refractivity contribution in [2.75, 3.05) is 26.3 Å². The Hall–Kier alpha value is -2.80. The number of fused-ring (bicyclic) bond motifs is 1. The highest BCUT2D eigenvalue weighted by Crippen LogP contribution is 2.33. The van der Waals surface area contributed by atoms with Gasteiger partial charge in [0.25, 0.3) is 0 Å². The molecule has 0 saturated carbocycles. The summed E-state index contributed by atoms with van der Waals surface area (Å²) in [6.45, 7) is 4.27. The summed E-state index contributed by atoms with van der Waals surface area (Å²) < 4.78 is 5.52. The molecule has 7 heteroatoms. The number of hydrogen-bond donors (Lipinski definition) is 3. The van der Waals surface area contributed by atoms with Gasteiger partial charge in [-0.3, -0.25) is 9.88 Å². The lowest BCUT2D eigenvalue weighted by molar-refractivity contribution is 0.0343. The number of H-pyrrole nitrogens is 1. The lowest BCUT2D eigenvalue weighted by atomic mass is 10.0. The number of aromatic nitrogens is 2. The summed E-state index contributed by atoms with van der Waals surface area (Å²) in [4.78, 5) is 10.2. The van der Waals surface area contributed by atoms with E-state index in [-0.39, 0.29) is 0 Å². The zero-order valence-corrected chi connectivity index (χ0v) is 16.7. The number of nitrogens with zero attached hydrogens (tertiary/aromatic N) is 2. The van der Waals surface area contributed by atoms with E-state index < -0.39 is 0 Å². The largest absolute Gasteiger partial charge is 0.379 e. The minimum atomic E-state index is 0.747. The average molecular weight is 408 g/mol. The minimum Gasteiger partial charge on any atom is -0.379 e. The molecule has 0 radical (unpaired) electrons. The van der Waals surface area contributed by atoms with Crippen molar-refractivity contribution in [1.82, 2.24) is 25.7 Å². The van der Waals surface area contributed by atoms with Crippen molar-refractivity contribution < 1.29 is 4.74 Å². The first-order chi connectivity index (χ1) is 14.3. The quantitative estimate of drug-likeness (QED) is 0.617. The molecule has 1 fully saturated rings. The van der Waals surface area contributed by atoms with Gasteiger partial charge in [0.2, 0.25) is 0 Å². The predicted molar refractivity (Wildman–Crippen MR) is 116 cm³/mol. The molecule has 3 aromatic rings. The summed E-state index contributed by atoms with van der Waals surface area (Å²) in [6, 6.07) is 10.0. The normalized spacial score (nSPS) is 17.4. The minimum absolute atomic E-state index is 0.747. The van der Waals surface area contributed by atoms with Crippen LogP contribution in [0.3, 0.4) is 0 Å². The smallest absolute Gasteiger partial charge is 0.0620 e. The molecule has 148 valence electrons. The van der Waals surface area contributed by atoms with Crippen LogP contribution in [0.2, 0.25) is 5.02 Å². The molecule has 29 heavy (non-hydrogen) atoms. The van der Waals surface area contributed by atoms with Crippen LogP contribution in [-0.4, -0.2) is 41.2 Å². The first-order valence-electron chi connectivity index (χ1n) is 9.72. The first kappa shape index (κ1) is 18.2. The number of morpholine rings is 1. The molecule has 0 bridgehead atoms. The number of pyridine rings is 1. The fourth-order valence-corrected chi connectivity index (χ4v) is 4.04. The molecular weight excluding hydrogens is 386 g/mol. The molecule has 0 atom stereocenters. The highest BCUT2D eigenvalue weighted by molar-refractivity contribution is 6.31. The van der Waals surface area contributed by atoms with Gasteiger partial charge in [0.15, 0.2) is 0 Å². The first-order valence-corrected chi connectivity index (χ1v) is 10.1. The number of ether oxygens (including phenoxy) is 1. The molecule has 0 unspecified atom stereocenters. The Balaban J connectivity index is 1.57. The Kier molecular flexibility index (Phi) is 4.97. The van der Waals surface area contributed by atoms with E-state index in [4.69, 9.17) is 16.3 Å². The van der Waals surface area contributed by atoms with E-state index in [0.29, 0.717) is 0 Å². The zero-order chi connectivity index (χ0) is 19.6. The predicted octanol–water partition coefficient (Wildman–Crippen LogP) is 3.54. The average Bonchev–Trinajstić information content (AvgIpc) is 3.13. The van der Waals surface area contributed by atoms with Gasteiger partial charge in [-0.2, -0.15) is 0 Å². The molecule has 1 saturated heterocycles. The molecule has 2 aliphatic heterocycles. The number of aromatic amines is 1. The fourth-order valence-electron chi connectivity index (χ4n) is 3.87. The summed E-state index contributed by atoms with van der Waals surface area (Å²) >= 11 is 6.33. The van der Waals surface area contributed by atoms with Gasteiger partial charge in [-0.05, 0) is 42.0 Å². The lowest BCUT2D eigenvalue weighted by Gasteiger charge is -2.27. The second kappa shape index (κ2) is 7.91. The van der Waals surface area contributed by atoms with Crippen molar-refractivity contribution >= 4 is 33.8 Å². The Morgan fingerprint density at radius 1 is 1.10 bits per heavy atom. The van der Waals surface area contributed by atoms with Gasteiger partial charge >= 0.3 is 0 Å². The highest BCUT2D eigenvalue weighted by Gasteiger charge is 2.20. The molecule has 5 rings (SSSR count). The van der Waals surface area contributed by atoms with Gasteiger partial charge in [-0.1, -0.05) is 11.6 Å². The number of hydrazine groups is 1. The molecule has 3 N–H and O–H groups in total.